The zero-order chi connectivity index (χ0) is 27.6. The number of allylic oxidation sites excluding steroid dienone is 2. The average molecular weight is 576 g/mol. The number of amides is 1. The molecule has 210 valence electrons. The Morgan fingerprint density at radius 3 is 2.43 bits per heavy atom. The lowest BCUT2D eigenvalue weighted by Crippen LogP contribution is -3.08. The molecule has 4 aromatic rings. The second-order valence-corrected chi connectivity index (χ2v) is 10.5. The van der Waals surface area contributed by atoms with Crippen molar-refractivity contribution in [3.8, 4) is 11.3 Å². The largest absolute Gasteiger partial charge is 1.00 e. The first-order valence-corrected chi connectivity index (χ1v) is 14.1. The van der Waals surface area contributed by atoms with Crippen molar-refractivity contribution in [1.82, 2.24) is 9.88 Å². The van der Waals surface area contributed by atoms with Crippen LogP contribution >= 0.6 is 0 Å². The molecule has 0 aliphatic carbocycles. The van der Waals surface area contributed by atoms with Gasteiger partial charge in [-0.2, -0.15) is 4.99 Å². The van der Waals surface area contributed by atoms with Gasteiger partial charge < -0.3 is 22.0 Å². The summed E-state index contributed by atoms with van der Waals surface area (Å²) in [7, 11) is 0. The van der Waals surface area contributed by atoms with E-state index >= 15 is 0 Å². The van der Waals surface area contributed by atoms with Crippen LogP contribution in [0.2, 0.25) is 0 Å². The molecule has 8 heteroatoms. The first-order valence-electron chi connectivity index (χ1n) is 14.1. The Morgan fingerprint density at radius 1 is 0.905 bits per heavy atom. The standard InChI is InChI=1S/C34H29N5O2.ClH/c40-34(41-23-24-7-3-1-4-8-24)38-18-15-27(16-19-38)32-31-22-35-17-20-39(31)33(37-32)28-12-11-26-13-14-29(36-30(26)21-28)25-9-5-2-6-10-25;/h1-14,17,20-22,27H,15-16,18-19,23H2;1H. The number of quaternary nitrogens is 1. The van der Waals surface area contributed by atoms with Gasteiger partial charge in [-0.25, -0.2) is 14.7 Å². The van der Waals surface area contributed by atoms with Gasteiger partial charge in [0.2, 0.25) is 5.84 Å². The van der Waals surface area contributed by atoms with Crippen LogP contribution in [0.3, 0.4) is 0 Å². The molecule has 3 aliphatic heterocycles. The number of amidine groups is 1. The van der Waals surface area contributed by atoms with Crippen molar-refractivity contribution in [2.45, 2.75) is 19.4 Å². The molecule has 4 heterocycles. The Kier molecular flexibility index (Phi) is 7.95. The minimum atomic E-state index is -0.256. The molecule has 1 amide bonds. The number of aromatic nitrogens is 1. The van der Waals surface area contributed by atoms with Gasteiger partial charge in [0.25, 0.3) is 0 Å². The van der Waals surface area contributed by atoms with E-state index in [1.54, 1.807) is 0 Å². The number of nitrogens with zero attached hydrogens (tertiary/aromatic N) is 4. The first-order chi connectivity index (χ1) is 20.2. The molecule has 0 radical (unpaired) electrons. The predicted molar refractivity (Wildman–Crippen MR) is 160 cm³/mol. The molecular weight excluding hydrogens is 546 g/mol. The van der Waals surface area contributed by atoms with Gasteiger partial charge in [-0.15, -0.1) is 0 Å². The van der Waals surface area contributed by atoms with Crippen molar-refractivity contribution in [2.24, 2.45) is 15.9 Å². The van der Waals surface area contributed by atoms with E-state index in [2.05, 4.69) is 53.7 Å². The molecule has 1 aromatic heterocycles. The molecule has 3 aliphatic rings. The number of pyridine rings is 1. The summed E-state index contributed by atoms with van der Waals surface area (Å²) in [6, 6.07) is 30.6. The van der Waals surface area contributed by atoms with Crippen molar-refractivity contribution in [3.63, 3.8) is 0 Å². The number of likely N-dealkylation sites (tertiary alicyclic amines) is 1. The topological polar surface area (TPSA) is 71.6 Å². The highest BCUT2D eigenvalue weighted by Gasteiger charge is 2.38. The van der Waals surface area contributed by atoms with Crippen LogP contribution in [0.25, 0.3) is 22.2 Å². The van der Waals surface area contributed by atoms with E-state index < -0.39 is 0 Å². The monoisotopic (exact) mass is 575 g/mol. The number of aliphatic imine (C=N–C) groups is 2. The molecule has 7 nitrogen and oxygen atoms in total. The van der Waals surface area contributed by atoms with Crippen molar-refractivity contribution in [1.29, 1.82) is 0 Å². The van der Waals surface area contributed by atoms with Gasteiger partial charge in [-0.05, 0) is 36.6 Å². The SMILES string of the molecule is O=C(OCc1ccccc1)N1CCC(C2=C3C=NC=C[NH+]3C(c3ccc4ccc(-c5ccccc5)nc4c3)=N2)CC1.[Cl-]. The molecule has 3 aromatic carbocycles. The molecule has 42 heavy (non-hydrogen) atoms. The third-order valence-electron chi connectivity index (χ3n) is 7.96. The Morgan fingerprint density at radius 2 is 1.64 bits per heavy atom. The van der Waals surface area contributed by atoms with Crippen LogP contribution in [0.4, 0.5) is 4.79 Å². The van der Waals surface area contributed by atoms with Gasteiger partial charge >= 0.3 is 6.09 Å². The van der Waals surface area contributed by atoms with E-state index in [0.717, 1.165) is 68.3 Å². The van der Waals surface area contributed by atoms with E-state index in [0.29, 0.717) is 13.1 Å². The number of hydrogen-bond acceptors (Lipinski definition) is 5. The molecular formula is C34H30ClN5O2. The summed E-state index contributed by atoms with van der Waals surface area (Å²) < 4.78 is 5.57. The van der Waals surface area contributed by atoms with Gasteiger partial charge in [-0.1, -0.05) is 72.8 Å². The fraction of sp³-hybridized carbons (Fsp3) is 0.176. The molecule has 1 saturated heterocycles. The van der Waals surface area contributed by atoms with E-state index in [9.17, 15) is 4.79 Å². The summed E-state index contributed by atoms with van der Waals surface area (Å²) >= 11 is 0. The third kappa shape index (κ3) is 5.49. The summed E-state index contributed by atoms with van der Waals surface area (Å²) in [5.41, 5.74) is 7.17. The maximum atomic E-state index is 12.7. The molecule has 1 fully saturated rings. The zero-order valence-electron chi connectivity index (χ0n) is 23.0. The number of halogens is 1. The summed E-state index contributed by atoms with van der Waals surface area (Å²) in [4.78, 5) is 30.2. The molecule has 0 bridgehead atoms. The fourth-order valence-corrected chi connectivity index (χ4v) is 5.76. The number of carbonyl (C=O) groups is 1. The predicted octanol–water partition coefficient (Wildman–Crippen LogP) is 2.37. The zero-order valence-corrected chi connectivity index (χ0v) is 23.7. The Hall–Kier alpha value is -4.59. The smallest absolute Gasteiger partial charge is 0.410 e. The lowest BCUT2D eigenvalue weighted by Gasteiger charge is -2.31. The Labute approximate surface area is 251 Å². The highest BCUT2D eigenvalue weighted by Crippen LogP contribution is 2.30. The lowest BCUT2D eigenvalue weighted by atomic mass is 9.92. The number of carbonyl (C=O) groups excluding carboxylic acids is 1. The third-order valence-corrected chi connectivity index (χ3v) is 7.96. The number of fused-ring (bicyclic) bond motifs is 2. The van der Waals surface area contributed by atoms with Gasteiger partial charge in [0, 0.05) is 30.0 Å². The van der Waals surface area contributed by atoms with E-state index in [4.69, 9.17) is 14.7 Å². The van der Waals surface area contributed by atoms with Crippen LogP contribution in [0.5, 0.6) is 0 Å². The maximum Gasteiger partial charge on any atom is 0.410 e. The summed E-state index contributed by atoms with van der Waals surface area (Å²) in [5.74, 6) is 1.20. The quantitative estimate of drug-likeness (QED) is 0.397. The summed E-state index contributed by atoms with van der Waals surface area (Å²) in [6.07, 6.45) is 7.22. The van der Waals surface area contributed by atoms with Crippen molar-refractivity contribution < 1.29 is 26.8 Å². The molecule has 1 N–H and O–H groups in total. The maximum absolute atomic E-state index is 12.7. The summed E-state index contributed by atoms with van der Waals surface area (Å²) in [6.45, 7) is 1.58. The molecule has 1 atom stereocenters. The minimum absolute atomic E-state index is 0. The van der Waals surface area contributed by atoms with Gasteiger partial charge in [0.1, 0.15) is 18.5 Å². The molecule has 0 saturated carbocycles. The summed E-state index contributed by atoms with van der Waals surface area (Å²) in [5, 5.41) is 1.10. The number of benzene rings is 3. The second-order valence-electron chi connectivity index (χ2n) is 10.5. The number of ether oxygens (including phenoxy) is 1. The van der Waals surface area contributed by atoms with Crippen molar-refractivity contribution >= 4 is 29.0 Å². The normalized spacial score (nSPS) is 18.0. The number of rotatable bonds is 5. The average Bonchev–Trinajstić information content (AvgIpc) is 3.44. The van der Waals surface area contributed by atoms with Crippen LogP contribution in [-0.2, 0) is 11.3 Å². The molecule has 1 unspecified atom stereocenters. The van der Waals surface area contributed by atoms with E-state index in [1.165, 1.54) is 0 Å². The number of hydrogen-bond donors (Lipinski definition) is 1. The van der Waals surface area contributed by atoms with Crippen LogP contribution in [-0.4, -0.2) is 41.1 Å². The van der Waals surface area contributed by atoms with Crippen molar-refractivity contribution in [2.75, 3.05) is 13.1 Å². The molecule has 7 rings (SSSR count). The second kappa shape index (κ2) is 12.1. The van der Waals surface area contributed by atoms with Crippen LogP contribution < -0.4 is 17.3 Å². The molecule has 0 spiro atoms. The Balaban J connectivity index is 0.00000316. The minimum Gasteiger partial charge on any atom is -1.00 e. The van der Waals surface area contributed by atoms with Crippen molar-refractivity contribution in [3.05, 3.63) is 126 Å². The van der Waals surface area contributed by atoms with E-state index in [-0.39, 0.29) is 31.0 Å². The van der Waals surface area contributed by atoms with Gasteiger partial charge in [0.15, 0.2) is 5.70 Å². The van der Waals surface area contributed by atoms with E-state index in [1.807, 2.05) is 65.8 Å². The highest BCUT2D eigenvalue weighted by molar-refractivity contribution is 6.01. The lowest BCUT2D eigenvalue weighted by molar-refractivity contribution is -0.689. The fourth-order valence-electron chi connectivity index (χ4n) is 5.76. The van der Waals surface area contributed by atoms with Crippen LogP contribution in [0.15, 0.2) is 125 Å². The first kappa shape index (κ1) is 27.6. The number of piperidine rings is 1. The van der Waals surface area contributed by atoms with Gasteiger partial charge in [0.05, 0.1) is 29.2 Å². The van der Waals surface area contributed by atoms with Gasteiger partial charge in [-0.3, -0.25) is 4.99 Å². The van der Waals surface area contributed by atoms with Crippen LogP contribution in [0.1, 0.15) is 24.0 Å². The highest BCUT2D eigenvalue weighted by atomic mass is 35.5. The Bertz CT molecular complexity index is 1730. The number of nitrogens with one attached hydrogen (secondary N) is 1. The van der Waals surface area contributed by atoms with Crippen LogP contribution in [0, 0.1) is 5.92 Å².